The van der Waals surface area contributed by atoms with Crippen LogP contribution < -0.4 is 5.32 Å². The molecule has 0 radical (unpaired) electrons. The van der Waals surface area contributed by atoms with Gasteiger partial charge in [0.25, 0.3) is 0 Å². The molecule has 1 aliphatic carbocycles. The van der Waals surface area contributed by atoms with Crippen LogP contribution in [0.4, 0.5) is 0 Å². The minimum absolute atomic E-state index is 0.00270. The molecule has 16 heavy (non-hydrogen) atoms. The Morgan fingerprint density at radius 1 is 1.38 bits per heavy atom. The average Bonchev–Trinajstić information content (AvgIpc) is 3.00. The summed E-state index contributed by atoms with van der Waals surface area (Å²) in [6, 6.07) is 4.56. The summed E-state index contributed by atoms with van der Waals surface area (Å²) in [7, 11) is 0. The summed E-state index contributed by atoms with van der Waals surface area (Å²) in [6.45, 7) is 0. The number of hydrogen-bond donors (Lipinski definition) is 3. The molecule has 4 heteroatoms. The highest BCUT2D eigenvalue weighted by molar-refractivity contribution is 5.92. The molecule has 0 bridgehead atoms. The maximum Gasteiger partial charge on any atom is 0.244 e. The highest BCUT2D eigenvalue weighted by Crippen LogP contribution is 2.23. The predicted octanol–water partition coefficient (Wildman–Crippen LogP) is 1.39. The molecule has 1 aromatic carbocycles. The average molecular weight is 219 g/mol. The molecule has 1 aromatic rings. The zero-order valence-electron chi connectivity index (χ0n) is 8.68. The van der Waals surface area contributed by atoms with Gasteiger partial charge >= 0.3 is 0 Å². The zero-order chi connectivity index (χ0) is 11.5. The fraction of sp³-hybridized carbons (Fsp3) is 0.250. The molecule has 0 unspecified atom stereocenters. The second-order valence-electron chi connectivity index (χ2n) is 3.86. The van der Waals surface area contributed by atoms with Crippen molar-refractivity contribution in [2.75, 3.05) is 0 Å². The SMILES string of the molecule is O=C(/C=C/c1ccc(O)cc1O)NC1CC1. The topological polar surface area (TPSA) is 69.6 Å². The van der Waals surface area contributed by atoms with Gasteiger partial charge in [0.15, 0.2) is 0 Å². The van der Waals surface area contributed by atoms with E-state index in [1.54, 1.807) is 6.07 Å². The van der Waals surface area contributed by atoms with Crippen molar-refractivity contribution in [2.24, 2.45) is 0 Å². The molecular formula is C12H13NO3. The molecular weight excluding hydrogens is 206 g/mol. The predicted molar refractivity (Wildman–Crippen MR) is 60.0 cm³/mol. The molecule has 1 amide bonds. The summed E-state index contributed by atoms with van der Waals surface area (Å²) in [5, 5.41) is 21.3. The molecule has 0 atom stereocenters. The van der Waals surface area contributed by atoms with Crippen LogP contribution >= 0.6 is 0 Å². The molecule has 0 aromatic heterocycles. The van der Waals surface area contributed by atoms with E-state index in [1.165, 1.54) is 24.3 Å². The number of carbonyl (C=O) groups excluding carboxylic acids is 1. The van der Waals surface area contributed by atoms with Gasteiger partial charge in [0.1, 0.15) is 11.5 Å². The third-order valence-electron chi connectivity index (χ3n) is 2.35. The minimum atomic E-state index is -0.157. The Kier molecular flexibility index (Phi) is 2.81. The summed E-state index contributed by atoms with van der Waals surface area (Å²) in [5.41, 5.74) is 0.503. The van der Waals surface area contributed by atoms with Gasteiger partial charge in [-0.1, -0.05) is 0 Å². The van der Waals surface area contributed by atoms with Crippen molar-refractivity contribution < 1.29 is 15.0 Å². The van der Waals surface area contributed by atoms with E-state index in [-0.39, 0.29) is 17.4 Å². The number of nitrogens with one attached hydrogen (secondary N) is 1. The molecule has 1 fully saturated rings. The van der Waals surface area contributed by atoms with Gasteiger partial charge in [-0.3, -0.25) is 4.79 Å². The standard InChI is InChI=1S/C12H13NO3/c14-10-5-1-8(11(15)7-10)2-6-12(16)13-9-3-4-9/h1-2,5-7,9,14-15H,3-4H2,(H,13,16)/b6-2+. The number of hydrogen-bond acceptors (Lipinski definition) is 3. The number of carbonyl (C=O) groups is 1. The van der Waals surface area contributed by atoms with Crippen LogP contribution in [0.3, 0.4) is 0 Å². The van der Waals surface area contributed by atoms with Crippen molar-refractivity contribution in [3.63, 3.8) is 0 Å². The largest absolute Gasteiger partial charge is 0.508 e. The molecule has 0 saturated heterocycles. The number of benzene rings is 1. The lowest BCUT2D eigenvalue weighted by Gasteiger charge is -2.00. The Hall–Kier alpha value is -1.97. The van der Waals surface area contributed by atoms with Gasteiger partial charge in [-0.15, -0.1) is 0 Å². The Morgan fingerprint density at radius 3 is 2.75 bits per heavy atom. The number of amides is 1. The van der Waals surface area contributed by atoms with Crippen molar-refractivity contribution in [3.05, 3.63) is 29.8 Å². The maximum atomic E-state index is 11.3. The van der Waals surface area contributed by atoms with Crippen LogP contribution in [-0.2, 0) is 4.79 Å². The molecule has 84 valence electrons. The van der Waals surface area contributed by atoms with Crippen molar-refractivity contribution >= 4 is 12.0 Å². The van der Waals surface area contributed by atoms with Crippen LogP contribution in [0, 0.1) is 0 Å². The van der Waals surface area contributed by atoms with Gasteiger partial charge in [-0.25, -0.2) is 0 Å². The van der Waals surface area contributed by atoms with Crippen LogP contribution in [-0.4, -0.2) is 22.2 Å². The molecule has 4 nitrogen and oxygen atoms in total. The van der Waals surface area contributed by atoms with E-state index in [2.05, 4.69) is 5.32 Å². The van der Waals surface area contributed by atoms with E-state index >= 15 is 0 Å². The normalized spacial score (nSPS) is 15.2. The molecule has 1 aliphatic rings. The molecule has 0 aliphatic heterocycles. The number of phenols is 2. The first-order valence-electron chi connectivity index (χ1n) is 5.16. The Morgan fingerprint density at radius 2 is 2.12 bits per heavy atom. The first kappa shape index (κ1) is 10.5. The van der Waals surface area contributed by atoms with Crippen molar-refractivity contribution in [1.82, 2.24) is 5.32 Å². The fourth-order valence-electron chi connectivity index (χ4n) is 1.32. The minimum Gasteiger partial charge on any atom is -0.508 e. The van der Waals surface area contributed by atoms with E-state index in [9.17, 15) is 9.90 Å². The maximum absolute atomic E-state index is 11.3. The summed E-state index contributed by atoms with van der Waals surface area (Å²) in [5.74, 6) is -0.206. The van der Waals surface area contributed by atoms with Gasteiger partial charge in [0.05, 0.1) is 0 Å². The van der Waals surface area contributed by atoms with E-state index in [0.717, 1.165) is 12.8 Å². The van der Waals surface area contributed by atoms with Crippen LogP contribution in [0.2, 0.25) is 0 Å². The molecule has 1 saturated carbocycles. The quantitative estimate of drug-likeness (QED) is 0.673. The lowest BCUT2D eigenvalue weighted by Crippen LogP contribution is -2.22. The monoisotopic (exact) mass is 219 g/mol. The van der Waals surface area contributed by atoms with Crippen LogP contribution in [0.5, 0.6) is 11.5 Å². The first-order valence-corrected chi connectivity index (χ1v) is 5.16. The van der Waals surface area contributed by atoms with Gasteiger partial charge in [-0.05, 0) is 31.1 Å². The number of phenolic OH excluding ortho intramolecular Hbond substituents is 2. The molecule has 0 heterocycles. The Balaban J connectivity index is 2.01. The summed E-state index contributed by atoms with van der Waals surface area (Å²) >= 11 is 0. The highest BCUT2D eigenvalue weighted by atomic mass is 16.3. The third kappa shape index (κ3) is 2.76. The van der Waals surface area contributed by atoms with E-state index < -0.39 is 0 Å². The number of aromatic hydroxyl groups is 2. The Bertz CT molecular complexity index is 436. The van der Waals surface area contributed by atoms with Crippen molar-refractivity contribution in [1.29, 1.82) is 0 Å². The van der Waals surface area contributed by atoms with Gasteiger partial charge in [0.2, 0.25) is 5.91 Å². The Labute approximate surface area is 93.2 Å². The van der Waals surface area contributed by atoms with E-state index in [1.807, 2.05) is 0 Å². The van der Waals surface area contributed by atoms with Gasteiger partial charge in [0, 0.05) is 23.7 Å². The van der Waals surface area contributed by atoms with Crippen molar-refractivity contribution in [2.45, 2.75) is 18.9 Å². The van der Waals surface area contributed by atoms with Crippen LogP contribution in [0.15, 0.2) is 24.3 Å². The zero-order valence-corrected chi connectivity index (χ0v) is 8.68. The smallest absolute Gasteiger partial charge is 0.244 e. The van der Waals surface area contributed by atoms with Crippen LogP contribution in [0.25, 0.3) is 6.08 Å². The lowest BCUT2D eigenvalue weighted by molar-refractivity contribution is -0.116. The number of rotatable bonds is 3. The molecule has 2 rings (SSSR count). The lowest BCUT2D eigenvalue weighted by atomic mass is 10.2. The van der Waals surface area contributed by atoms with Gasteiger partial charge < -0.3 is 15.5 Å². The summed E-state index contributed by atoms with van der Waals surface area (Å²) in [4.78, 5) is 11.3. The fourth-order valence-corrected chi connectivity index (χ4v) is 1.32. The summed E-state index contributed by atoms with van der Waals surface area (Å²) in [6.07, 6.45) is 4.99. The summed E-state index contributed by atoms with van der Waals surface area (Å²) < 4.78 is 0. The van der Waals surface area contributed by atoms with E-state index in [0.29, 0.717) is 11.6 Å². The third-order valence-corrected chi connectivity index (χ3v) is 2.35. The second-order valence-corrected chi connectivity index (χ2v) is 3.86. The van der Waals surface area contributed by atoms with E-state index in [4.69, 9.17) is 5.11 Å². The van der Waals surface area contributed by atoms with Crippen molar-refractivity contribution in [3.8, 4) is 11.5 Å². The second kappa shape index (κ2) is 4.26. The van der Waals surface area contributed by atoms with Crippen LogP contribution in [0.1, 0.15) is 18.4 Å². The molecule has 3 N–H and O–H groups in total. The highest BCUT2D eigenvalue weighted by Gasteiger charge is 2.21. The first-order chi connectivity index (χ1) is 7.65. The van der Waals surface area contributed by atoms with Gasteiger partial charge in [-0.2, -0.15) is 0 Å². The molecule has 0 spiro atoms.